The van der Waals surface area contributed by atoms with Crippen molar-refractivity contribution in [1.29, 1.82) is 0 Å². The average Bonchev–Trinajstić information content (AvgIpc) is 2.32. The molecule has 0 N–H and O–H groups in total. The fourth-order valence-corrected chi connectivity index (χ4v) is 3.23. The van der Waals surface area contributed by atoms with Crippen molar-refractivity contribution in [1.82, 2.24) is 4.98 Å². The van der Waals surface area contributed by atoms with Gasteiger partial charge in [0, 0.05) is 12.4 Å². The third kappa shape index (κ3) is 2.68. The van der Waals surface area contributed by atoms with Crippen molar-refractivity contribution in [2.75, 3.05) is 0 Å². The van der Waals surface area contributed by atoms with Crippen molar-refractivity contribution in [3.63, 3.8) is 0 Å². The molecular formula is C12H9ClFNO2S. The Labute approximate surface area is 109 Å². The van der Waals surface area contributed by atoms with Gasteiger partial charge >= 0.3 is 0 Å². The standard InChI is InChI=1S/C12H9ClFNO2S/c13-10-7-15-6-5-9(10)8-18(16,17)12-4-2-1-3-11(12)14/h1-7H,8H2. The molecule has 2 aromatic rings. The highest BCUT2D eigenvalue weighted by Gasteiger charge is 2.20. The molecule has 94 valence electrons. The van der Waals surface area contributed by atoms with Crippen molar-refractivity contribution in [3.8, 4) is 0 Å². The summed E-state index contributed by atoms with van der Waals surface area (Å²) < 4.78 is 37.6. The Morgan fingerprint density at radius 1 is 1.22 bits per heavy atom. The van der Waals surface area contributed by atoms with E-state index in [4.69, 9.17) is 11.6 Å². The summed E-state index contributed by atoms with van der Waals surface area (Å²) in [4.78, 5) is 3.44. The fraction of sp³-hybridized carbons (Fsp3) is 0.0833. The summed E-state index contributed by atoms with van der Waals surface area (Å²) in [6, 6.07) is 6.76. The van der Waals surface area contributed by atoms with Gasteiger partial charge in [-0.15, -0.1) is 0 Å². The summed E-state index contributed by atoms with van der Waals surface area (Å²) in [5, 5.41) is 0.248. The van der Waals surface area contributed by atoms with Gasteiger partial charge in [0.15, 0.2) is 9.84 Å². The van der Waals surface area contributed by atoms with Crippen LogP contribution in [0.1, 0.15) is 5.56 Å². The molecule has 0 unspecified atom stereocenters. The lowest BCUT2D eigenvalue weighted by Crippen LogP contribution is -2.07. The molecule has 0 bridgehead atoms. The average molecular weight is 286 g/mol. The maximum absolute atomic E-state index is 13.5. The molecule has 0 aliphatic carbocycles. The Morgan fingerprint density at radius 3 is 2.61 bits per heavy atom. The first-order chi connectivity index (χ1) is 8.50. The van der Waals surface area contributed by atoms with E-state index >= 15 is 0 Å². The zero-order valence-corrected chi connectivity index (χ0v) is 10.7. The molecule has 0 atom stereocenters. The van der Waals surface area contributed by atoms with Crippen molar-refractivity contribution in [3.05, 3.63) is 59.1 Å². The van der Waals surface area contributed by atoms with Crippen LogP contribution >= 0.6 is 11.6 Å². The Morgan fingerprint density at radius 2 is 1.94 bits per heavy atom. The number of hydrogen-bond acceptors (Lipinski definition) is 3. The number of benzene rings is 1. The van der Waals surface area contributed by atoms with E-state index in [0.29, 0.717) is 5.56 Å². The van der Waals surface area contributed by atoms with Gasteiger partial charge in [0.25, 0.3) is 0 Å². The van der Waals surface area contributed by atoms with Crippen molar-refractivity contribution in [2.45, 2.75) is 10.6 Å². The molecule has 0 saturated carbocycles. The number of halogens is 2. The zero-order chi connectivity index (χ0) is 13.2. The number of rotatable bonds is 3. The molecule has 2 rings (SSSR count). The molecule has 6 heteroatoms. The van der Waals surface area contributed by atoms with E-state index in [1.165, 1.54) is 36.7 Å². The monoisotopic (exact) mass is 285 g/mol. The maximum Gasteiger partial charge on any atom is 0.185 e. The minimum atomic E-state index is -3.75. The molecular weight excluding hydrogens is 277 g/mol. The smallest absolute Gasteiger partial charge is 0.185 e. The van der Waals surface area contributed by atoms with Crippen LogP contribution in [0.15, 0.2) is 47.6 Å². The van der Waals surface area contributed by atoms with Crippen LogP contribution in [0.3, 0.4) is 0 Å². The van der Waals surface area contributed by atoms with Crippen molar-refractivity contribution >= 4 is 21.4 Å². The number of sulfone groups is 1. The lowest BCUT2D eigenvalue weighted by atomic mass is 10.3. The molecule has 0 aliphatic rings. The molecule has 18 heavy (non-hydrogen) atoms. The second-order valence-electron chi connectivity index (χ2n) is 3.66. The highest BCUT2D eigenvalue weighted by molar-refractivity contribution is 7.90. The lowest BCUT2D eigenvalue weighted by molar-refractivity contribution is 0.566. The molecule has 0 aliphatic heterocycles. The van der Waals surface area contributed by atoms with E-state index in [9.17, 15) is 12.8 Å². The van der Waals surface area contributed by atoms with Crippen LogP contribution in [-0.2, 0) is 15.6 Å². The maximum atomic E-state index is 13.5. The molecule has 0 radical (unpaired) electrons. The highest BCUT2D eigenvalue weighted by Crippen LogP contribution is 2.22. The van der Waals surface area contributed by atoms with Gasteiger partial charge in [-0.25, -0.2) is 12.8 Å². The van der Waals surface area contributed by atoms with E-state index in [0.717, 1.165) is 6.07 Å². The summed E-state index contributed by atoms with van der Waals surface area (Å²) in [6.45, 7) is 0. The van der Waals surface area contributed by atoms with Crippen molar-refractivity contribution in [2.24, 2.45) is 0 Å². The molecule has 1 aromatic carbocycles. The van der Waals surface area contributed by atoms with E-state index in [2.05, 4.69) is 4.98 Å². The topological polar surface area (TPSA) is 47.0 Å². The predicted octanol–water partition coefficient (Wildman–Crippen LogP) is 2.85. The molecule has 0 amide bonds. The van der Waals surface area contributed by atoms with E-state index < -0.39 is 15.7 Å². The first kappa shape index (κ1) is 13.0. The number of aromatic nitrogens is 1. The van der Waals surface area contributed by atoms with E-state index in [1.807, 2.05) is 0 Å². The summed E-state index contributed by atoms with van der Waals surface area (Å²) in [6.07, 6.45) is 2.80. The van der Waals surface area contributed by atoms with Crippen LogP contribution in [0.2, 0.25) is 5.02 Å². The molecule has 0 fully saturated rings. The third-order valence-electron chi connectivity index (χ3n) is 2.37. The van der Waals surface area contributed by atoms with E-state index in [-0.39, 0.29) is 15.7 Å². The quantitative estimate of drug-likeness (QED) is 0.871. The highest BCUT2D eigenvalue weighted by atomic mass is 35.5. The summed E-state index contributed by atoms with van der Waals surface area (Å²) >= 11 is 5.84. The van der Waals surface area contributed by atoms with Gasteiger partial charge in [-0.1, -0.05) is 23.7 Å². The summed E-state index contributed by atoms with van der Waals surface area (Å²) in [7, 11) is -3.75. The number of nitrogens with zero attached hydrogens (tertiary/aromatic N) is 1. The van der Waals surface area contributed by atoms with Gasteiger partial charge in [-0.05, 0) is 23.8 Å². The van der Waals surface area contributed by atoms with E-state index in [1.54, 1.807) is 0 Å². The van der Waals surface area contributed by atoms with Gasteiger partial charge in [0.2, 0.25) is 0 Å². The second-order valence-corrected chi connectivity index (χ2v) is 6.02. The Hall–Kier alpha value is -1.46. The lowest BCUT2D eigenvalue weighted by Gasteiger charge is -2.06. The van der Waals surface area contributed by atoms with Gasteiger partial charge < -0.3 is 0 Å². The zero-order valence-electron chi connectivity index (χ0n) is 9.18. The van der Waals surface area contributed by atoms with Crippen LogP contribution in [-0.4, -0.2) is 13.4 Å². The Balaban J connectivity index is 2.40. The van der Waals surface area contributed by atoms with Crippen LogP contribution in [0.25, 0.3) is 0 Å². The minimum Gasteiger partial charge on any atom is -0.263 e. The van der Waals surface area contributed by atoms with Crippen molar-refractivity contribution < 1.29 is 12.8 Å². The first-order valence-electron chi connectivity index (χ1n) is 5.06. The molecule has 0 spiro atoms. The van der Waals surface area contributed by atoms with Gasteiger partial charge in [0.05, 0.1) is 10.8 Å². The molecule has 1 aromatic heterocycles. The van der Waals surface area contributed by atoms with Crippen LogP contribution < -0.4 is 0 Å². The second kappa shape index (κ2) is 5.04. The van der Waals surface area contributed by atoms with Crippen LogP contribution in [0.5, 0.6) is 0 Å². The van der Waals surface area contributed by atoms with Gasteiger partial charge in [-0.3, -0.25) is 4.98 Å². The summed E-state index contributed by atoms with van der Waals surface area (Å²) in [5.74, 6) is -1.11. The number of hydrogen-bond donors (Lipinski definition) is 0. The Bertz CT molecular complexity index is 673. The Kier molecular flexibility index (Phi) is 3.63. The third-order valence-corrected chi connectivity index (χ3v) is 4.41. The predicted molar refractivity (Wildman–Crippen MR) is 66.5 cm³/mol. The molecule has 1 heterocycles. The molecule has 0 saturated heterocycles. The van der Waals surface area contributed by atoms with Crippen LogP contribution in [0, 0.1) is 5.82 Å². The fourth-order valence-electron chi connectivity index (χ4n) is 1.50. The number of pyridine rings is 1. The largest absolute Gasteiger partial charge is 0.263 e. The molecule has 3 nitrogen and oxygen atoms in total. The van der Waals surface area contributed by atoms with Gasteiger partial charge in [-0.2, -0.15) is 0 Å². The SMILES string of the molecule is O=S(=O)(Cc1ccncc1Cl)c1ccccc1F. The first-order valence-corrected chi connectivity index (χ1v) is 7.09. The summed E-state index contributed by atoms with van der Waals surface area (Å²) in [5.41, 5.74) is 0.398. The van der Waals surface area contributed by atoms with Gasteiger partial charge in [0.1, 0.15) is 10.7 Å². The van der Waals surface area contributed by atoms with Crippen LogP contribution in [0.4, 0.5) is 4.39 Å². The normalized spacial score (nSPS) is 11.4. The minimum absolute atomic E-state index is 0.248.